The van der Waals surface area contributed by atoms with E-state index in [-0.39, 0.29) is 11.3 Å². The molecule has 3 rings (SSSR count). The highest BCUT2D eigenvalue weighted by molar-refractivity contribution is 6.34. The molecular weight excluding hydrogens is 506 g/mol. The Morgan fingerprint density at radius 2 is 1.54 bits per heavy atom. The monoisotopic (exact) mass is 555 g/mol. The van der Waals surface area contributed by atoms with Gasteiger partial charge in [0.2, 0.25) is 5.91 Å². The number of nitrogens with zero attached hydrogens (tertiary/aromatic N) is 3. The summed E-state index contributed by atoms with van der Waals surface area (Å²) in [6.07, 6.45) is 17.6. The lowest BCUT2D eigenvalue weighted by Gasteiger charge is -2.16. The number of aromatic amines is 1. The fourth-order valence-electron chi connectivity index (χ4n) is 5.05. The molecule has 0 saturated carbocycles. The van der Waals surface area contributed by atoms with Crippen molar-refractivity contribution in [1.29, 1.82) is 0 Å². The van der Waals surface area contributed by atoms with Crippen molar-refractivity contribution in [2.75, 3.05) is 0 Å². The number of H-pyrrole nitrogens is 1. The summed E-state index contributed by atoms with van der Waals surface area (Å²) in [6.45, 7) is 11.1. The Morgan fingerprint density at radius 1 is 0.949 bits per heavy atom. The molecule has 0 bridgehead atoms. The molecule has 0 aliphatic heterocycles. The maximum Gasteiger partial charge on any atom is 0.220 e. The molecule has 7 heteroatoms. The summed E-state index contributed by atoms with van der Waals surface area (Å²) < 4.78 is 1.65. The van der Waals surface area contributed by atoms with Gasteiger partial charge in [0.25, 0.3) is 0 Å². The van der Waals surface area contributed by atoms with Crippen molar-refractivity contribution in [3.05, 3.63) is 40.0 Å². The number of amides is 1. The number of benzene rings is 1. The average Bonchev–Trinajstić information content (AvgIpc) is 3.45. The molecule has 3 aromatic rings. The van der Waals surface area contributed by atoms with Crippen molar-refractivity contribution in [3.8, 4) is 11.4 Å². The number of fused-ring (bicyclic) bond motifs is 1. The summed E-state index contributed by atoms with van der Waals surface area (Å²) >= 11 is 6.63. The molecule has 2 aromatic heterocycles. The Morgan fingerprint density at radius 3 is 2.10 bits per heavy atom. The first kappa shape index (κ1) is 31.2. The topological polar surface area (TPSA) is 75.1 Å². The smallest absolute Gasteiger partial charge is 0.220 e. The summed E-state index contributed by atoms with van der Waals surface area (Å²) in [5.74, 6) is 0.709. The third kappa shape index (κ3) is 9.66. The molecule has 0 aliphatic rings. The standard InChI is InChI=1S/C32H50ClN5O/c1-6-7-8-9-10-11-12-13-14-15-16-17-18-19-27(39)34-23-25-21-20-24(2)22-26(25)30-35-31-28(33)29(32(3,4)5)36-38(31)37-30/h20-22,36H,6-19,23H2,1-5H3,(H,34,39). The van der Waals surface area contributed by atoms with Crippen molar-refractivity contribution in [2.45, 2.75) is 136 Å². The van der Waals surface area contributed by atoms with Crippen LogP contribution in [0, 0.1) is 6.92 Å². The Labute approximate surface area is 240 Å². The van der Waals surface area contributed by atoms with E-state index in [0.29, 0.717) is 29.5 Å². The van der Waals surface area contributed by atoms with Crippen molar-refractivity contribution in [3.63, 3.8) is 0 Å². The predicted octanol–water partition coefficient (Wildman–Crippen LogP) is 9.08. The number of nitrogens with one attached hydrogen (secondary N) is 2. The van der Waals surface area contributed by atoms with Gasteiger partial charge in [-0.3, -0.25) is 9.89 Å². The van der Waals surface area contributed by atoms with Crippen LogP contribution in [0.3, 0.4) is 0 Å². The molecule has 216 valence electrons. The molecular formula is C32H50ClN5O. The lowest BCUT2D eigenvalue weighted by atomic mass is 9.92. The third-order valence-electron chi connectivity index (χ3n) is 7.48. The highest BCUT2D eigenvalue weighted by Gasteiger charge is 2.25. The first-order valence-corrected chi connectivity index (χ1v) is 15.6. The lowest BCUT2D eigenvalue weighted by Crippen LogP contribution is -2.22. The van der Waals surface area contributed by atoms with Crippen molar-refractivity contribution < 1.29 is 4.79 Å². The summed E-state index contributed by atoms with van der Waals surface area (Å²) in [4.78, 5) is 17.3. The van der Waals surface area contributed by atoms with E-state index in [9.17, 15) is 4.79 Å². The van der Waals surface area contributed by atoms with Crippen LogP contribution < -0.4 is 5.32 Å². The van der Waals surface area contributed by atoms with E-state index >= 15 is 0 Å². The van der Waals surface area contributed by atoms with E-state index in [1.807, 2.05) is 13.0 Å². The second-order valence-electron chi connectivity index (χ2n) is 12.2. The van der Waals surface area contributed by atoms with Crippen LogP contribution in [0.2, 0.25) is 5.02 Å². The van der Waals surface area contributed by atoms with Gasteiger partial charge in [-0.25, -0.2) is 4.98 Å². The quantitative estimate of drug-likeness (QED) is 0.163. The van der Waals surface area contributed by atoms with Gasteiger partial charge in [0.1, 0.15) is 5.02 Å². The van der Waals surface area contributed by atoms with E-state index in [2.05, 4.69) is 55.3 Å². The van der Waals surface area contributed by atoms with Gasteiger partial charge in [-0.2, -0.15) is 4.63 Å². The van der Waals surface area contributed by atoms with Crippen molar-refractivity contribution in [1.82, 2.24) is 25.1 Å². The zero-order chi connectivity index (χ0) is 28.3. The Hall–Kier alpha value is -2.34. The van der Waals surface area contributed by atoms with Crippen LogP contribution in [0.1, 0.15) is 134 Å². The first-order chi connectivity index (χ1) is 18.7. The van der Waals surface area contributed by atoms with Gasteiger partial charge in [0.15, 0.2) is 11.5 Å². The Balaban J connectivity index is 1.40. The second-order valence-corrected chi connectivity index (χ2v) is 12.5. The predicted molar refractivity (Wildman–Crippen MR) is 163 cm³/mol. The number of aryl methyl sites for hydroxylation is 1. The fourth-order valence-corrected chi connectivity index (χ4v) is 5.50. The zero-order valence-electron chi connectivity index (χ0n) is 25.0. The molecule has 0 aliphatic carbocycles. The molecule has 2 heterocycles. The minimum absolute atomic E-state index is 0.104. The van der Waals surface area contributed by atoms with Crippen molar-refractivity contribution in [2.24, 2.45) is 0 Å². The van der Waals surface area contributed by atoms with Gasteiger partial charge < -0.3 is 5.32 Å². The molecule has 0 spiro atoms. The fraction of sp³-hybridized carbons (Fsp3) is 0.656. The van der Waals surface area contributed by atoms with Crippen LogP contribution in [0.15, 0.2) is 18.2 Å². The number of aromatic nitrogens is 4. The van der Waals surface area contributed by atoms with E-state index in [1.165, 1.54) is 70.6 Å². The van der Waals surface area contributed by atoms with Crippen LogP contribution in [0.5, 0.6) is 0 Å². The normalized spacial score (nSPS) is 11.9. The third-order valence-corrected chi connectivity index (χ3v) is 7.84. The van der Waals surface area contributed by atoms with Crippen LogP contribution in [-0.2, 0) is 16.8 Å². The molecule has 0 unspecified atom stereocenters. The molecule has 0 fully saturated rings. The molecule has 1 amide bonds. The number of carbonyl (C=O) groups is 1. The number of halogens is 1. The SMILES string of the molecule is CCCCCCCCCCCCCCCC(=O)NCc1ccc(C)cc1-c1nc2c(Cl)c(C(C)(C)C)[nH]n2n1. The van der Waals surface area contributed by atoms with E-state index in [4.69, 9.17) is 16.6 Å². The van der Waals surface area contributed by atoms with E-state index in [1.54, 1.807) is 4.63 Å². The largest absolute Gasteiger partial charge is 0.352 e. The summed E-state index contributed by atoms with van der Waals surface area (Å²) in [7, 11) is 0. The summed E-state index contributed by atoms with van der Waals surface area (Å²) in [5, 5.41) is 11.7. The first-order valence-electron chi connectivity index (χ1n) is 15.2. The van der Waals surface area contributed by atoms with Gasteiger partial charge in [-0.1, -0.05) is 134 Å². The molecule has 39 heavy (non-hydrogen) atoms. The number of hydrogen-bond donors (Lipinski definition) is 2. The highest BCUT2D eigenvalue weighted by atomic mass is 35.5. The van der Waals surface area contributed by atoms with Gasteiger partial charge in [0, 0.05) is 23.9 Å². The molecule has 1 aromatic carbocycles. The summed E-state index contributed by atoms with van der Waals surface area (Å²) in [5.41, 5.74) is 4.44. The maximum absolute atomic E-state index is 12.5. The number of unbranched alkanes of at least 4 members (excludes halogenated alkanes) is 12. The Bertz CT molecular complexity index is 1170. The maximum atomic E-state index is 12.5. The Kier molecular flexibility index (Phi) is 12.4. The number of hydrogen-bond acceptors (Lipinski definition) is 3. The molecule has 2 N–H and O–H groups in total. The number of carbonyl (C=O) groups excluding carboxylic acids is 1. The average molecular weight is 556 g/mol. The number of rotatable bonds is 17. The molecule has 0 saturated heterocycles. The van der Waals surface area contributed by atoms with Gasteiger partial charge in [0.05, 0.1) is 5.69 Å². The van der Waals surface area contributed by atoms with Crippen LogP contribution >= 0.6 is 11.6 Å². The van der Waals surface area contributed by atoms with Crippen LogP contribution in [-0.4, -0.2) is 25.7 Å². The molecule has 0 radical (unpaired) electrons. The van der Waals surface area contributed by atoms with Gasteiger partial charge in [-0.15, -0.1) is 5.10 Å². The molecule has 0 atom stereocenters. The van der Waals surface area contributed by atoms with Crippen LogP contribution in [0.4, 0.5) is 0 Å². The minimum Gasteiger partial charge on any atom is -0.352 e. The van der Waals surface area contributed by atoms with E-state index in [0.717, 1.165) is 35.2 Å². The van der Waals surface area contributed by atoms with E-state index < -0.39 is 0 Å². The van der Waals surface area contributed by atoms with Gasteiger partial charge >= 0.3 is 0 Å². The highest BCUT2D eigenvalue weighted by Crippen LogP contribution is 2.32. The lowest BCUT2D eigenvalue weighted by molar-refractivity contribution is -0.121. The van der Waals surface area contributed by atoms with Gasteiger partial charge in [-0.05, 0) is 25.0 Å². The van der Waals surface area contributed by atoms with Crippen molar-refractivity contribution >= 4 is 23.2 Å². The minimum atomic E-state index is -0.133. The zero-order valence-corrected chi connectivity index (χ0v) is 25.7. The molecule has 6 nitrogen and oxygen atoms in total. The summed E-state index contributed by atoms with van der Waals surface area (Å²) in [6, 6.07) is 6.18. The second kappa shape index (κ2) is 15.4. The van der Waals surface area contributed by atoms with Crippen LogP contribution in [0.25, 0.3) is 17.0 Å².